The van der Waals surface area contributed by atoms with Crippen LogP contribution in [0.2, 0.25) is 18.1 Å². The molecule has 0 aliphatic heterocycles. The second-order valence-electron chi connectivity index (χ2n) is 11.6. The minimum absolute atomic E-state index is 0.0696. The van der Waals surface area contributed by atoms with E-state index in [2.05, 4.69) is 46.0 Å². The Balaban J connectivity index is 2.42. The molecule has 0 aromatic heterocycles. The van der Waals surface area contributed by atoms with Gasteiger partial charge in [0.05, 0.1) is 12.7 Å². The molecule has 32 heavy (non-hydrogen) atoms. The monoisotopic (exact) mass is 464 g/mol. The van der Waals surface area contributed by atoms with Crippen LogP contribution >= 0.6 is 0 Å². The van der Waals surface area contributed by atoms with Gasteiger partial charge in [0.15, 0.2) is 8.32 Å². The number of ketones is 1. The highest BCUT2D eigenvalue weighted by Gasteiger charge is 2.41. The smallest absolute Gasteiger partial charge is 0.192 e. The number of unbranched alkanes of at least 4 members (excludes halogenated alkanes) is 1. The van der Waals surface area contributed by atoms with E-state index in [1.165, 1.54) is 5.56 Å². The second kappa shape index (κ2) is 12.4. The van der Waals surface area contributed by atoms with Crippen molar-refractivity contribution in [2.45, 2.75) is 98.6 Å². The fourth-order valence-electron chi connectivity index (χ4n) is 3.52. The first kappa shape index (κ1) is 29.0. The fraction of sp³-hybridized carbons (Fsp3) is 0.741. The van der Waals surface area contributed by atoms with Crippen molar-refractivity contribution in [3.05, 3.63) is 35.9 Å². The molecule has 0 amide bonds. The number of ether oxygens (including phenoxy) is 1. The number of hydrogen-bond acceptors (Lipinski definition) is 4. The molecule has 1 aromatic carbocycles. The topological polar surface area (TPSA) is 55.8 Å². The van der Waals surface area contributed by atoms with Crippen molar-refractivity contribution in [1.82, 2.24) is 0 Å². The molecule has 0 unspecified atom stereocenters. The van der Waals surface area contributed by atoms with Crippen LogP contribution in [0.4, 0.5) is 0 Å². The molecule has 5 heteroatoms. The van der Waals surface area contributed by atoms with E-state index < -0.39 is 25.8 Å². The number of benzene rings is 1. The number of hydrogen-bond donors (Lipinski definition) is 1. The quantitative estimate of drug-likeness (QED) is 0.248. The highest BCUT2D eigenvalue weighted by molar-refractivity contribution is 6.74. The molecule has 184 valence electrons. The molecule has 3 atom stereocenters. The molecule has 0 saturated carbocycles. The summed E-state index contributed by atoms with van der Waals surface area (Å²) in [6, 6.07) is 10.2. The first-order valence-electron chi connectivity index (χ1n) is 12.2. The predicted molar refractivity (Wildman–Crippen MR) is 136 cm³/mol. The third-order valence-electron chi connectivity index (χ3n) is 7.09. The zero-order valence-electron chi connectivity index (χ0n) is 22.0. The summed E-state index contributed by atoms with van der Waals surface area (Å²) in [7, 11) is -1.92. The van der Waals surface area contributed by atoms with Crippen molar-refractivity contribution in [2.24, 2.45) is 17.3 Å². The third kappa shape index (κ3) is 9.09. The van der Waals surface area contributed by atoms with Gasteiger partial charge in [-0.25, -0.2) is 0 Å². The molecule has 0 saturated heterocycles. The van der Waals surface area contributed by atoms with Gasteiger partial charge < -0.3 is 14.3 Å². The van der Waals surface area contributed by atoms with Crippen molar-refractivity contribution >= 4 is 14.1 Å². The van der Waals surface area contributed by atoms with Crippen LogP contribution in [-0.4, -0.2) is 38.5 Å². The average Bonchev–Trinajstić information content (AvgIpc) is 2.73. The van der Waals surface area contributed by atoms with E-state index >= 15 is 0 Å². The van der Waals surface area contributed by atoms with Crippen LogP contribution in [0.1, 0.15) is 73.3 Å². The van der Waals surface area contributed by atoms with Gasteiger partial charge in [-0.2, -0.15) is 0 Å². The van der Waals surface area contributed by atoms with Crippen molar-refractivity contribution in [3.8, 4) is 0 Å². The summed E-state index contributed by atoms with van der Waals surface area (Å²) in [4.78, 5) is 13.2. The van der Waals surface area contributed by atoms with Crippen LogP contribution in [0, 0.1) is 17.3 Å². The zero-order chi connectivity index (χ0) is 24.6. The summed E-state index contributed by atoms with van der Waals surface area (Å²) < 4.78 is 12.1. The molecular weight excluding hydrogens is 416 g/mol. The highest BCUT2D eigenvalue weighted by Crippen LogP contribution is 2.38. The molecule has 0 aliphatic rings. The first-order chi connectivity index (χ1) is 14.7. The van der Waals surface area contributed by atoms with Crippen LogP contribution in [0.25, 0.3) is 0 Å². The van der Waals surface area contributed by atoms with Crippen molar-refractivity contribution in [1.29, 1.82) is 0 Å². The molecule has 1 N–H and O–H groups in total. The lowest BCUT2D eigenvalue weighted by Crippen LogP contribution is -2.46. The summed E-state index contributed by atoms with van der Waals surface area (Å²) in [6.45, 7) is 20.6. The summed E-state index contributed by atoms with van der Waals surface area (Å²) in [5.41, 5.74) is 0.574. The van der Waals surface area contributed by atoms with Gasteiger partial charge >= 0.3 is 0 Å². The standard InChI is InChI=1S/C27H48O4Si/c1-21(15-13-14-18-30-19-23-16-11-10-12-17-23)24(28)22(2)25(29)27(6,7)20-31-32(8,9)26(3,4)5/h10-12,16-17,21-22,24,28H,13-15,18-20H2,1-9H3/t21-,22+,24-/m0/s1. The van der Waals surface area contributed by atoms with Crippen LogP contribution in [0.3, 0.4) is 0 Å². The number of Topliss-reactive ketones (excluding diaryl/α,β-unsaturated/α-hetero) is 1. The Hall–Kier alpha value is -1.01. The van der Waals surface area contributed by atoms with E-state index in [-0.39, 0.29) is 16.7 Å². The fourth-order valence-corrected chi connectivity index (χ4v) is 4.67. The van der Waals surface area contributed by atoms with E-state index in [4.69, 9.17) is 9.16 Å². The van der Waals surface area contributed by atoms with Crippen LogP contribution in [0.5, 0.6) is 0 Å². The average molecular weight is 465 g/mol. The first-order valence-corrected chi connectivity index (χ1v) is 15.1. The number of aliphatic hydroxyl groups excluding tert-OH is 1. The Morgan fingerprint density at radius 2 is 1.62 bits per heavy atom. The van der Waals surface area contributed by atoms with Gasteiger partial charge in [0.2, 0.25) is 0 Å². The number of rotatable bonds is 14. The molecule has 1 rings (SSSR count). The molecular formula is C27H48O4Si. The van der Waals surface area contributed by atoms with Gasteiger partial charge in [0.25, 0.3) is 0 Å². The van der Waals surface area contributed by atoms with Gasteiger partial charge in [-0.15, -0.1) is 0 Å². The van der Waals surface area contributed by atoms with Crippen LogP contribution in [-0.2, 0) is 20.6 Å². The Morgan fingerprint density at radius 3 is 2.19 bits per heavy atom. The minimum atomic E-state index is -1.92. The number of carbonyl (C=O) groups is 1. The Labute approximate surface area is 198 Å². The Morgan fingerprint density at radius 1 is 1.03 bits per heavy atom. The van der Waals surface area contributed by atoms with Crippen LogP contribution < -0.4 is 0 Å². The lowest BCUT2D eigenvalue weighted by molar-refractivity contribution is -0.137. The largest absolute Gasteiger partial charge is 0.416 e. The highest BCUT2D eigenvalue weighted by atomic mass is 28.4. The summed E-state index contributed by atoms with van der Waals surface area (Å²) in [5.74, 6) is -0.251. The SMILES string of the molecule is C[C@@H](CCCCOCc1ccccc1)[C@H](O)[C@@H](C)C(=O)C(C)(C)CO[Si](C)(C)C(C)(C)C. The van der Waals surface area contributed by atoms with E-state index in [1.807, 2.05) is 45.9 Å². The van der Waals surface area contributed by atoms with Gasteiger partial charge in [-0.3, -0.25) is 4.79 Å². The lowest BCUT2D eigenvalue weighted by atomic mass is 9.77. The maximum atomic E-state index is 13.2. The minimum Gasteiger partial charge on any atom is -0.416 e. The molecule has 0 heterocycles. The molecule has 0 aliphatic carbocycles. The second-order valence-corrected chi connectivity index (χ2v) is 16.4. The Bertz CT molecular complexity index is 679. The summed E-state index contributed by atoms with van der Waals surface area (Å²) in [6.07, 6.45) is 2.18. The van der Waals surface area contributed by atoms with Crippen molar-refractivity contribution in [3.63, 3.8) is 0 Å². The van der Waals surface area contributed by atoms with Gasteiger partial charge in [-0.05, 0) is 42.5 Å². The van der Waals surface area contributed by atoms with Gasteiger partial charge in [0.1, 0.15) is 5.78 Å². The molecule has 0 fully saturated rings. The number of aliphatic hydroxyl groups is 1. The lowest BCUT2D eigenvalue weighted by Gasteiger charge is -2.39. The predicted octanol–water partition coefficient (Wildman–Crippen LogP) is 6.62. The summed E-state index contributed by atoms with van der Waals surface area (Å²) in [5, 5.41) is 11.0. The maximum Gasteiger partial charge on any atom is 0.192 e. The maximum absolute atomic E-state index is 13.2. The van der Waals surface area contributed by atoms with Gasteiger partial charge in [0, 0.05) is 24.5 Å². The number of carbonyl (C=O) groups excluding carboxylic acids is 1. The van der Waals surface area contributed by atoms with Crippen LogP contribution in [0.15, 0.2) is 30.3 Å². The van der Waals surface area contributed by atoms with E-state index in [0.717, 1.165) is 19.3 Å². The zero-order valence-corrected chi connectivity index (χ0v) is 23.0. The van der Waals surface area contributed by atoms with Gasteiger partial charge in [-0.1, -0.05) is 85.2 Å². The van der Waals surface area contributed by atoms with E-state index in [9.17, 15) is 9.90 Å². The summed E-state index contributed by atoms with van der Waals surface area (Å²) >= 11 is 0. The van der Waals surface area contributed by atoms with Crippen molar-refractivity contribution < 1.29 is 19.1 Å². The third-order valence-corrected chi connectivity index (χ3v) is 11.6. The van der Waals surface area contributed by atoms with E-state index in [0.29, 0.717) is 19.8 Å². The Kier molecular flexibility index (Phi) is 11.3. The molecule has 0 spiro atoms. The van der Waals surface area contributed by atoms with E-state index in [1.54, 1.807) is 0 Å². The normalized spacial score (nSPS) is 15.9. The molecule has 0 radical (unpaired) electrons. The molecule has 1 aromatic rings. The van der Waals surface area contributed by atoms with Crippen molar-refractivity contribution in [2.75, 3.05) is 13.2 Å². The molecule has 4 nitrogen and oxygen atoms in total. The molecule has 0 bridgehead atoms.